The zero-order valence-corrected chi connectivity index (χ0v) is 11.3. The Morgan fingerprint density at radius 2 is 2.12 bits per heavy atom. The van der Waals surface area contributed by atoms with Crippen LogP contribution in [0.5, 0.6) is 0 Å². The molecule has 0 spiro atoms. The largest absolute Gasteiger partial charge is 0.389 e. The van der Waals surface area contributed by atoms with E-state index in [9.17, 15) is 5.11 Å². The zero-order chi connectivity index (χ0) is 12.3. The maximum absolute atomic E-state index is 9.98. The monoisotopic (exact) mass is 241 g/mol. The Morgan fingerprint density at radius 1 is 1.35 bits per heavy atom. The predicted octanol–water partition coefficient (Wildman–Crippen LogP) is 2.04. The molecule has 0 aromatic carbocycles. The molecule has 1 aliphatic heterocycles. The van der Waals surface area contributed by atoms with Gasteiger partial charge in [0.25, 0.3) is 0 Å². The molecule has 3 nitrogen and oxygen atoms in total. The first kappa shape index (κ1) is 13.3. The number of β-amino-alcohol motifs (C(OH)–C–C–N with tert-alkyl or cyclic N) is 1. The lowest BCUT2D eigenvalue weighted by molar-refractivity contribution is 0.00760. The molecule has 17 heavy (non-hydrogen) atoms. The first-order valence-electron chi connectivity index (χ1n) is 7.24. The van der Waals surface area contributed by atoms with Crippen LogP contribution in [0.3, 0.4) is 0 Å². The van der Waals surface area contributed by atoms with Gasteiger partial charge in [-0.05, 0) is 39.0 Å². The van der Waals surface area contributed by atoms with Gasteiger partial charge in [-0.1, -0.05) is 12.8 Å². The molecule has 2 aliphatic rings. The van der Waals surface area contributed by atoms with E-state index in [1.807, 2.05) is 6.92 Å². The van der Waals surface area contributed by atoms with Crippen molar-refractivity contribution in [1.29, 1.82) is 0 Å². The van der Waals surface area contributed by atoms with Crippen molar-refractivity contribution < 1.29 is 9.84 Å². The van der Waals surface area contributed by atoms with Gasteiger partial charge in [-0.25, -0.2) is 0 Å². The van der Waals surface area contributed by atoms with Gasteiger partial charge in [-0.3, -0.25) is 4.90 Å². The predicted molar refractivity (Wildman–Crippen MR) is 69.0 cm³/mol. The Labute approximate surface area is 105 Å². The van der Waals surface area contributed by atoms with Crippen molar-refractivity contribution in [3.05, 3.63) is 0 Å². The standard InChI is InChI=1S/C14H27NO2/c1-3-17-10-13(16)9-15-11(2)8-12-6-4-5-7-14(12)15/h11-14,16H,3-10H2,1-2H3/t11-,12-,13-,14+/m1/s1. The minimum absolute atomic E-state index is 0.321. The van der Waals surface area contributed by atoms with Gasteiger partial charge in [0.15, 0.2) is 0 Å². The fourth-order valence-electron chi connectivity index (χ4n) is 3.67. The van der Waals surface area contributed by atoms with E-state index < -0.39 is 0 Å². The Kier molecular flexibility index (Phi) is 4.83. The van der Waals surface area contributed by atoms with Gasteiger partial charge < -0.3 is 9.84 Å². The molecule has 2 fully saturated rings. The quantitative estimate of drug-likeness (QED) is 0.799. The summed E-state index contributed by atoms with van der Waals surface area (Å²) in [4.78, 5) is 2.54. The first-order valence-corrected chi connectivity index (χ1v) is 7.24. The number of hydrogen-bond acceptors (Lipinski definition) is 3. The highest BCUT2D eigenvalue weighted by molar-refractivity contribution is 4.94. The number of fused-ring (bicyclic) bond motifs is 1. The lowest BCUT2D eigenvalue weighted by Gasteiger charge is -2.34. The van der Waals surface area contributed by atoms with Crippen molar-refractivity contribution in [1.82, 2.24) is 4.90 Å². The van der Waals surface area contributed by atoms with E-state index in [1.54, 1.807) is 0 Å². The SMILES string of the molecule is CCOC[C@H](O)CN1[C@H](C)C[C@H]2CCCC[C@@H]21. The molecule has 0 amide bonds. The van der Waals surface area contributed by atoms with Gasteiger partial charge in [-0.15, -0.1) is 0 Å². The molecular formula is C14H27NO2. The summed E-state index contributed by atoms with van der Waals surface area (Å²) in [5.74, 6) is 0.887. The Balaban J connectivity index is 1.86. The summed E-state index contributed by atoms with van der Waals surface area (Å²) in [5.41, 5.74) is 0. The lowest BCUT2D eigenvalue weighted by Crippen LogP contribution is -2.43. The lowest BCUT2D eigenvalue weighted by atomic mass is 9.85. The van der Waals surface area contributed by atoms with Crippen molar-refractivity contribution in [3.8, 4) is 0 Å². The smallest absolute Gasteiger partial charge is 0.0900 e. The summed E-state index contributed by atoms with van der Waals surface area (Å²) in [6.07, 6.45) is 6.50. The molecule has 3 heteroatoms. The third-order valence-electron chi connectivity index (χ3n) is 4.44. The molecule has 100 valence electrons. The fourth-order valence-corrected chi connectivity index (χ4v) is 3.67. The highest BCUT2D eigenvalue weighted by Crippen LogP contribution is 2.39. The summed E-state index contributed by atoms with van der Waals surface area (Å²) in [6.45, 7) is 6.26. The van der Waals surface area contributed by atoms with Crippen LogP contribution < -0.4 is 0 Å². The van der Waals surface area contributed by atoms with Crippen LogP contribution in [0.25, 0.3) is 0 Å². The Hall–Kier alpha value is -0.120. The molecule has 4 atom stereocenters. The molecule has 0 bridgehead atoms. The van der Waals surface area contributed by atoms with Crippen molar-refractivity contribution in [2.75, 3.05) is 19.8 Å². The summed E-state index contributed by atoms with van der Waals surface area (Å²) in [5, 5.41) is 9.98. The van der Waals surface area contributed by atoms with Crippen LogP contribution in [0.15, 0.2) is 0 Å². The highest BCUT2D eigenvalue weighted by atomic mass is 16.5. The molecule has 0 unspecified atom stereocenters. The minimum Gasteiger partial charge on any atom is -0.389 e. The molecule has 0 aromatic heterocycles. The summed E-state index contributed by atoms with van der Waals surface area (Å²) in [6, 6.07) is 1.37. The second kappa shape index (κ2) is 6.17. The van der Waals surface area contributed by atoms with E-state index in [0.717, 1.165) is 18.5 Å². The summed E-state index contributed by atoms with van der Waals surface area (Å²) >= 11 is 0. The molecule has 1 aliphatic carbocycles. The van der Waals surface area contributed by atoms with Crippen LogP contribution in [-0.2, 0) is 4.74 Å². The third kappa shape index (κ3) is 3.21. The van der Waals surface area contributed by atoms with E-state index >= 15 is 0 Å². The molecular weight excluding hydrogens is 214 g/mol. The number of rotatable bonds is 5. The van der Waals surface area contributed by atoms with Gasteiger partial charge in [0.05, 0.1) is 12.7 Å². The van der Waals surface area contributed by atoms with Gasteiger partial charge >= 0.3 is 0 Å². The molecule has 1 saturated heterocycles. The number of aliphatic hydroxyl groups excluding tert-OH is 1. The van der Waals surface area contributed by atoms with Crippen LogP contribution in [0.2, 0.25) is 0 Å². The van der Waals surface area contributed by atoms with E-state index in [0.29, 0.717) is 19.3 Å². The van der Waals surface area contributed by atoms with E-state index in [2.05, 4.69) is 11.8 Å². The van der Waals surface area contributed by atoms with Crippen molar-refractivity contribution in [3.63, 3.8) is 0 Å². The van der Waals surface area contributed by atoms with E-state index in [-0.39, 0.29) is 6.10 Å². The zero-order valence-electron chi connectivity index (χ0n) is 11.3. The number of nitrogens with zero attached hydrogens (tertiary/aromatic N) is 1. The number of aliphatic hydroxyl groups is 1. The maximum atomic E-state index is 9.98. The molecule has 1 saturated carbocycles. The van der Waals surface area contributed by atoms with Crippen molar-refractivity contribution >= 4 is 0 Å². The maximum Gasteiger partial charge on any atom is 0.0900 e. The molecule has 1 heterocycles. The fraction of sp³-hybridized carbons (Fsp3) is 1.00. The Morgan fingerprint density at radius 3 is 2.88 bits per heavy atom. The van der Waals surface area contributed by atoms with Gasteiger partial charge in [0, 0.05) is 25.2 Å². The number of ether oxygens (including phenoxy) is 1. The Bertz CT molecular complexity index is 234. The van der Waals surface area contributed by atoms with Gasteiger partial charge in [0.2, 0.25) is 0 Å². The number of hydrogen-bond donors (Lipinski definition) is 1. The summed E-state index contributed by atoms with van der Waals surface area (Å²) in [7, 11) is 0. The van der Waals surface area contributed by atoms with Gasteiger partial charge in [0.1, 0.15) is 0 Å². The van der Waals surface area contributed by atoms with Crippen molar-refractivity contribution in [2.24, 2.45) is 5.92 Å². The van der Waals surface area contributed by atoms with E-state index in [1.165, 1.54) is 32.1 Å². The third-order valence-corrected chi connectivity index (χ3v) is 4.44. The van der Waals surface area contributed by atoms with Crippen LogP contribution in [0.1, 0.15) is 46.0 Å². The van der Waals surface area contributed by atoms with Crippen LogP contribution in [0, 0.1) is 5.92 Å². The normalized spacial score (nSPS) is 35.8. The second-order valence-corrected chi connectivity index (χ2v) is 5.71. The average Bonchev–Trinajstić information content (AvgIpc) is 2.64. The average molecular weight is 241 g/mol. The topological polar surface area (TPSA) is 32.7 Å². The molecule has 1 N–H and O–H groups in total. The molecule has 0 radical (unpaired) electrons. The van der Waals surface area contributed by atoms with Crippen LogP contribution in [0.4, 0.5) is 0 Å². The van der Waals surface area contributed by atoms with Crippen LogP contribution >= 0.6 is 0 Å². The minimum atomic E-state index is -0.321. The van der Waals surface area contributed by atoms with Crippen molar-refractivity contribution in [2.45, 2.75) is 64.1 Å². The first-order chi connectivity index (χ1) is 8.22. The van der Waals surface area contributed by atoms with Crippen LogP contribution in [-0.4, -0.2) is 48.0 Å². The highest BCUT2D eigenvalue weighted by Gasteiger charge is 2.40. The molecule has 2 rings (SSSR count). The second-order valence-electron chi connectivity index (χ2n) is 5.71. The van der Waals surface area contributed by atoms with Gasteiger partial charge in [-0.2, -0.15) is 0 Å². The van der Waals surface area contributed by atoms with E-state index in [4.69, 9.17) is 4.74 Å². The summed E-state index contributed by atoms with van der Waals surface area (Å²) < 4.78 is 5.30. The number of likely N-dealkylation sites (tertiary alicyclic amines) is 1. The molecule has 0 aromatic rings.